The van der Waals surface area contributed by atoms with Crippen LogP contribution in [0.15, 0.2) is 22.8 Å². The molecule has 0 saturated carbocycles. The van der Waals surface area contributed by atoms with Crippen LogP contribution in [0.25, 0.3) is 11.0 Å². The molecule has 21 heavy (non-hydrogen) atoms. The van der Waals surface area contributed by atoms with E-state index in [1.807, 2.05) is 19.9 Å². The Morgan fingerprint density at radius 3 is 2.76 bits per heavy atom. The van der Waals surface area contributed by atoms with E-state index in [4.69, 9.17) is 9.52 Å². The molecular weight excluding hydrogens is 266 g/mol. The molecule has 4 heteroatoms. The molecule has 1 amide bonds. The van der Waals surface area contributed by atoms with Crippen molar-refractivity contribution in [2.24, 2.45) is 5.92 Å². The summed E-state index contributed by atoms with van der Waals surface area (Å²) in [5.41, 5.74) is 4.13. The first kappa shape index (κ1) is 15.6. The van der Waals surface area contributed by atoms with Gasteiger partial charge in [0.25, 0.3) is 0 Å². The highest BCUT2D eigenvalue weighted by molar-refractivity contribution is 5.88. The topological polar surface area (TPSA) is 62.5 Å². The summed E-state index contributed by atoms with van der Waals surface area (Å²) in [6.45, 7) is 6.86. The maximum Gasteiger partial charge on any atom is 0.224 e. The summed E-state index contributed by atoms with van der Waals surface area (Å²) in [7, 11) is 0. The number of rotatable bonds is 6. The molecule has 0 fully saturated rings. The molecule has 0 bridgehead atoms. The van der Waals surface area contributed by atoms with Gasteiger partial charge in [-0.3, -0.25) is 4.79 Å². The fourth-order valence-electron chi connectivity index (χ4n) is 2.32. The van der Waals surface area contributed by atoms with Crippen LogP contribution in [0, 0.1) is 19.8 Å². The van der Waals surface area contributed by atoms with E-state index in [2.05, 4.69) is 18.3 Å². The number of carbonyl (C=O) groups is 1. The van der Waals surface area contributed by atoms with E-state index in [9.17, 15) is 4.79 Å². The van der Waals surface area contributed by atoms with Crippen LogP contribution < -0.4 is 5.32 Å². The summed E-state index contributed by atoms with van der Waals surface area (Å²) < 4.78 is 5.54. The van der Waals surface area contributed by atoms with Crippen molar-refractivity contribution in [3.63, 3.8) is 0 Å². The number of fused-ring (bicyclic) bond motifs is 1. The summed E-state index contributed by atoms with van der Waals surface area (Å²) in [6.07, 6.45) is 2.69. The Morgan fingerprint density at radius 1 is 1.33 bits per heavy atom. The summed E-state index contributed by atoms with van der Waals surface area (Å²) in [6, 6.07) is 4.08. The van der Waals surface area contributed by atoms with Gasteiger partial charge in [0.2, 0.25) is 5.91 Å². The van der Waals surface area contributed by atoms with Crippen molar-refractivity contribution in [2.45, 2.75) is 33.6 Å². The SMILES string of the molecule is Cc1cc2occ(CC(=O)NCC(C)CCO)c2cc1C. The van der Waals surface area contributed by atoms with Crippen LogP contribution in [0.3, 0.4) is 0 Å². The predicted octanol–water partition coefficient (Wildman–Crippen LogP) is 2.73. The van der Waals surface area contributed by atoms with Gasteiger partial charge in [0.1, 0.15) is 5.58 Å². The van der Waals surface area contributed by atoms with Crippen LogP contribution in [0.5, 0.6) is 0 Å². The van der Waals surface area contributed by atoms with Crippen LogP contribution >= 0.6 is 0 Å². The molecule has 2 aromatic rings. The number of hydrogen-bond acceptors (Lipinski definition) is 3. The van der Waals surface area contributed by atoms with Crippen molar-refractivity contribution < 1.29 is 14.3 Å². The van der Waals surface area contributed by atoms with Gasteiger partial charge in [-0.1, -0.05) is 6.92 Å². The Bertz CT molecular complexity index is 630. The second kappa shape index (κ2) is 6.76. The van der Waals surface area contributed by atoms with Crippen molar-refractivity contribution in [1.82, 2.24) is 5.32 Å². The average molecular weight is 289 g/mol. The number of aliphatic hydroxyl groups is 1. The Hall–Kier alpha value is -1.81. The Labute approximate surface area is 125 Å². The number of hydrogen-bond donors (Lipinski definition) is 2. The second-order valence-corrected chi connectivity index (χ2v) is 5.79. The number of carbonyl (C=O) groups excluding carboxylic acids is 1. The molecule has 0 radical (unpaired) electrons. The fourth-order valence-corrected chi connectivity index (χ4v) is 2.32. The molecule has 0 aliphatic heterocycles. The third-order valence-electron chi connectivity index (χ3n) is 3.89. The molecule has 0 aliphatic carbocycles. The summed E-state index contributed by atoms with van der Waals surface area (Å²) >= 11 is 0. The zero-order valence-corrected chi connectivity index (χ0v) is 12.9. The highest BCUT2D eigenvalue weighted by Crippen LogP contribution is 2.25. The largest absolute Gasteiger partial charge is 0.464 e. The van der Waals surface area contributed by atoms with Gasteiger partial charge in [-0.05, 0) is 49.4 Å². The molecule has 2 N–H and O–H groups in total. The molecule has 0 saturated heterocycles. The maximum atomic E-state index is 12.0. The number of amides is 1. The monoisotopic (exact) mass is 289 g/mol. The van der Waals surface area contributed by atoms with E-state index in [-0.39, 0.29) is 18.4 Å². The van der Waals surface area contributed by atoms with Gasteiger partial charge in [0.15, 0.2) is 0 Å². The van der Waals surface area contributed by atoms with Gasteiger partial charge in [-0.2, -0.15) is 0 Å². The Balaban J connectivity index is 2.03. The molecule has 0 spiro atoms. The first-order valence-electron chi connectivity index (χ1n) is 7.36. The molecule has 1 unspecified atom stereocenters. The van der Waals surface area contributed by atoms with Crippen LogP contribution in [0.4, 0.5) is 0 Å². The minimum absolute atomic E-state index is 0.0132. The van der Waals surface area contributed by atoms with Crippen molar-refractivity contribution in [2.75, 3.05) is 13.2 Å². The number of aryl methyl sites for hydroxylation is 2. The Kier molecular flexibility index (Phi) is 5.02. The molecular formula is C17H23NO3. The van der Waals surface area contributed by atoms with Gasteiger partial charge in [-0.15, -0.1) is 0 Å². The highest BCUT2D eigenvalue weighted by atomic mass is 16.3. The normalized spacial score (nSPS) is 12.6. The van der Waals surface area contributed by atoms with Crippen LogP contribution in [-0.4, -0.2) is 24.2 Å². The van der Waals surface area contributed by atoms with E-state index in [0.717, 1.165) is 16.5 Å². The lowest BCUT2D eigenvalue weighted by atomic mass is 10.0. The lowest BCUT2D eigenvalue weighted by Crippen LogP contribution is -2.29. The molecule has 0 aliphatic rings. The van der Waals surface area contributed by atoms with E-state index in [1.54, 1.807) is 6.26 Å². The van der Waals surface area contributed by atoms with Gasteiger partial charge in [-0.25, -0.2) is 0 Å². The zero-order valence-electron chi connectivity index (χ0n) is 12.9. The van der Waals surface area contributed by atoms with Crippen molar-refractivity contribution >= 4 is 16.9 Å². The summed E-state index contributed by atoms with van der Waals surface area (Å²) in [5, 5.41) is 12.8. The number of furan rings is 1. The van der Waals surface area contributed by atoms with Gasteiger partial charge < -0.3 is 14.8 Å². The standard InChI is InChI=1S/C17H23NO3/c1-11(4-5-19)9-18-17(20)8-14-10-21-16-7-13(3)12(2)6-15(14)16/h6-7,10-11,19H,4-5,8-9H2,1-3H3,(H,18,20). The van der Waals surface area contributed by atoms with Crippen LogP contribution in [-0.2, 0) is 11.2 Å². The summed E-state index contributed by atoms with van der Waals surface area (Å²) in [4.78, 5) is 12.0. The first-order valence-corrected chi connectivity index (χ1v) is 7.36. The molecule has 1 aromatic carbocycles. The predicted molar refractivity (Wildman–Crippen MR) is 83.3 cm³/mol. The molecule has 114 valence electrons. The molecule has 2 rings (SSSR count). The smallest absolute Gasteiger partial charge is 0.224 e. The van der Waals surface area contributed by atoms with E-state index in [1.165, 1.54) is 11.1 Å². The van der Waals surface area contributed by atoms with Gasteiger partial charge >= 0.3 is 0 Å². The minimum atomic E-state index is -0.0132. The van der Waals surface area contributed by atoms with Gasteiger partial charge in [0.05, 0.1) is 12.7 Å². The lowest BCUT2D eigenvalue weighted by Gasteiger charge is -2.10. The molecule has 1 heterocycles. The van der Waals surface area contributed by atoms with E-state index >= 15 is 0 Å². The maximum absolute atomic E-state index is 12.0. The Morgan fingerprint density at radius 2 is 2.05 bits per heavy atom. The highest BCUT2D eigenvalue weighted by Gasteiger charge is 2.12. The van der Waals surface area contributed by atoms with Crippen LogP contribution in [0.1, 0.15) is 30.0 Å². The van der Waals surface area contributed by atoms with E-state index < -0.39 is 0 Å². The number of benzene rings is 1. The average Bonchev–Trinajstić information content (AvgIpc) is 2.80. The third kappa shape index (κ3) is 3.85. The fraction of sp³-hybridized carbons (Fsp3) is 0.471. The van der Waals surface area contributed by atoms with Gasteiger partial charge in [0, 0.05) is 24.1 Å². The quantitative estimate of drug-likeness (QED) is 0.859. The second-order valence-electron chi connectivity index (χ2n) is 5.79. The number of nitrogens with one attached hydrogen (secondary N) is 1. The number of aliphatic hydroxyl groups excluding tert-OH is 1. The van der Waals surface area contributed by atoms with Crippen LogP contribution in [0.2, 0.25) is 0 Å². The minimum Gasteiger partial charge on any atom is -0.464 e. The van der Waals surface area contributed by atoms with Crippen molar-refractivity contribution in [3.8, 4) is 0 Å². The summed E-state index contributed by atoms with van der Waals surface area (Å²) in [5.74, 6) is 0.269. The zero-order chi connectivity index (χ0) is 15.4. The first-order chi connectivity index (χ1) is 10.0. The lowest BCUT2D eigenvalue weighted by molar-refractivity contribution is -0.120. The molecule has 1 atom stereocenters. The third-order valence-corrected chi connectivity index (χ3v) is 3.89. The van der Waals surface area contributed by atoms with Crippen molar-refractivity contribution in [1.29, 1.82) is 0 Å². The van der Waals surface area contributed by atoms with E-state index in [0.29, 0.717) is 19.4 Å². The van der Waals surface area contributed by atoms with Crippen molar-refractivity contribution in [3.05, 3.63) is 35.1 Å². The molecule has 1 aromatic heterocycles. The molecule has 4 nitrogen and oxygen atoms in total.